The van der Waals surface area contributed by atoms with Gasteiger partial charge in [-0.1, -0.05) is 0 Å². The van der Waals surface area contributed by atoms with Crippen LogP contribution in [0.3, 0.4) is 0 Å². The van der Waals surface area contributed by atoms with Gasteiger partial charge in [0.25, 0.3) is 0 Å². The van der Waals surface area contributed by atoms with Gasteiger partial charge >= 0.3 is 0 Å². The van der Waals surface area contributed by atoms with Crippen molar-refractivity contribution >= 4 is 40.2 Å². The van der Waals surface area contributed by atoms with Crippen molar-refractivity contribution in [3.8, 4) is 17.3 Å². The van der Waals surface area contributed by atoms with Gasteiger partial charge < -0.3 is 39.6 Å². The zero-order valence-electron chi connectivity index (χ0n) is 24.1. The molecule has 4 aromatic rings. The zero-order chi connectivity index (χ0) is 29.4. The molecule has 3 N–H and O–H groups in total. The minimum absolute atomic E-state index is 0.390. The molecule has 0 radical (unpaired) electrons. The van der Waals surface area contributed by atoms with Crippen LogP contribution in [0, 0.1) is 0 Å². The summed E-state index contributed by atoms with van der Waals surface area (Å²) in [5, 5.41) is 4.31. The lowest BCUT2D eigenvalue weighted by atomic mass is 10.1. The number of likely N-dealkylation sites (N-methyl/N-ethyl adjacent to an activating group) is 2. The van der Waals surface area contributed by atoms with Crippen molar-refractivity contribution in [2.24, 2.45) is 5.73 Å². The van der Waals surface area contributed by atoms with E-state index in [1.165, 1.54) is 6.08 Å². The maximum Gasteiger partial charge on any atom is 0.241 e. The van der Waals surface area contributed by atoms with Gasteiger partial charge in [0.05, 0.1) is 24.9 Å². The van der Waals surface area contributed by atoms with E-state index in [-0.39, 0.29) is 0 Å². The Bertz CT molecular complexity index is 1520. The number of benzene rings is 2. The molecule has 0 saturated carbocycles. The third-order valence-corrected chi connectivity index (χ3v) is 6.42. The van der Waals surface area contributed by atoms with Crippen LogP contribution in [-0.2, 0) is 9.53 Å². The molecule has 0 atom stereocenters. The Balaban J connectivity index is 1.64. The van der Waals surface area contributed by atoms with Crippen molar-refractivity contribution in [3.63, 3.8) is 0 Å². The van der Waals surface area contributed by atoms with Crippen LogP contribution < -0.4 is 25.4 Å². The van der Waals surface area contributed by atoms with Crippen molar-refractivity contribution in [2.75, 3.05) is 71.9 Å². The number of carbonyl (C=O) groups is 1. The lowest BCUT2D eigenvalue weighted by molar-refractivity contribution is -0.113. The van der Waals surface area contributed by atoms with Crippen LogP contribution >= 0.6 is 0 Å². The number of carbonyl (C=O) groups excluding carboxylic acids is 1. The lowest BCUT2D eigenvalue weighted by Gasteiger charge is -2.25. The van der Waals surface area contributed by atoms with Gasteiger partial charge in [-0.3, -0.25) is 4.79 Å². The predicted molar refractivity (Wildman–Crippen MR) is 163 cm³/mol. The second-order valence-corrected chi connectivity index (χ2v) is 9.68. The van der Waals surface area contributed by atoms with E-state index in [2.05, 4.69) is 20.1 Å². The van der Waals surface area contributed by atoms with Gasteiger partial charge in [-0.2, -0.15) is 4.98 Å². The molecule has 2 aromatic carbocycles. The van der Waals surface area contributed by atoms with E-state index in [1.807, 2.05) is 74.4 Å². The molecule has 2 aromatic heterocycles. The number of rotatable bonds is 14. The molecular weight excluding hydrogens is 522 g/mol. The maximum atomic E-state index is 11.5. The zero-order valence-corrected chi connectivity index (χ0v) is 24.1. The summed E-state index contributed by atoms with van der Waals surface area (Å²) in [6, 6.07) is 13.6. The molecule has 0 aliphatic carbocycles. The number of nitrogens with two attached hydrogens (primary N) is 1. The minimum Gasteiger partial charge on any atom is -0.494 e. The lowest BCUT2D eigenvalue weighted by Crippen LogP contribution is -2.29. The third-order valence-electron chi connectivity index (χ3n) is 6.42. The first-order valence-corrected chi connectivity index (χ1v) is 13.2. The van der Waals surface area contributed by atoms with Crippen LogP contribution in [0.15, 0.2) is 60.9 Å². The molecule has 0 aliphatic heterocycles. The highest BCUT2D eigenvalue weighted by Gasteiger charge is 2.15. The SMILES string of the molecule is COCCOc1ccc2c(ccn2-c2ccnc(Nc3cc(C=CC(N)=O)c(N(C)CCN(C)C)cc3OC)n2)c1. The normalized spacial score (nSPS) is 11.4. The van der Waals surface area contributed by atoms with Crippen LogP contribution in [0.1, 0.15) is 5.56 Å². The number of fused-ring (bicyclic) bond motifs is 1. The molecule has 1 amide bonds. The van der Waals surface area contributed by atoms with E-state index < -0.39 is 5.91 Å². The van der Waals surface area contributed by atoms with E-state index in [0.29, 0.717) is 36.4 Å². The Morgan fingerprint density at radius 2 is 1.90 bits per heavy atom. The standard InChI is InChI=1S/C30H37N7O4/c1-35(2)14-15-36(3)26-20-27(40-5)24(19-21(26)6-9-28(31)38)33-30-32-12-10-29(34-30)37-13-11-22-18-23(7-8-25(22)37)41-17-16-39-4/h6-13,18-20H,14-17H2,1-5H3,(H2,31,38)(H,32,33,34). The Morgan fingerprint density at radius 1 is 1.07 bits per heavy atom. The summed E-state index contributed by atoms with van der Waals surface area (Å²) in [7, 11) is 9.30. The van der Waals surface area contributed by atoms with Gasteiger partial charge in [0, 0.05) is 68.4 Å². The van der Waals surface area contributed by atoms with Gasteiger partial charge in [0.1, 0.15) is 23.9 Å². The first-order chi connectivity index (χ1) is 19.8. The summed E-state index contributed by atoms with van der Waals surface area (Å²) in [6.07, 6.45) is 6.70. The fourth-order valence-electron chi connectivity index (χ4n) is 4.28. The number of nitrogens with zero attached hydrogens (tertiary/aromatic N) is 5. The maximum absolute atomic E-state index is 11.5. The molecule has 0 saturated heterocycles. The van der Waals surface area contributed by atoms with Crippen molar-refractivity contribution < 1.29 is 19.0 Å². The Labute approximate surface area is 240 Å². The fraction of sp³-hybridized carbons (Fsp3) is 0.300. The first kappa shape index (κ1) is 29.4. The number of primary amides is 1. The summed E-state index contributed by atoms with van der Waals surface area (Å²) in [5.41, 5.74) is 8.72. The van der Waals surface area contributed by atoms with E-state index in [4.69, 9.17) is 24.9 Å². The van der Waals surface area contributed by atoms with Crippen molar-refractivity contribution in [1.82, 2.24) is 19.4 Å². The highest BCUT2D eigenvalue weighted by atomic mass is 16.5. The third kappa shape index (κ3) is 7.53. The van der Waals surface area contributed by atoms with E-state index in [0.717, 1.165) is 41.0 Å². The number of hydrogen-bond donors (Lipinski definition) is 2. The molecule has 4 rings (SSSR count). The van der Waals surface area contributed by atoms with Crippen molar-refractivity contribution in [1.29, 1.82) is 0 Å². The molecule has 41 heavy (non-hydrogen) atoms. The van der Waals surface area contributed by atoms with Crippen LogP contribution in [-0.4, -0.2) is 87.0 Å². The average Bonchev–Trinajstić information content (AvgIpc) is 3.38. The minimum atomic E-state index is -0.527. The molecular formula is C30H37N7O4. The number of amides is 1. The topological polar surface area (TPSA) is 120 Å². The smallest absolute Gasteiger partial charge is 0.241 e. The molecule has 2 heterocycles. The molecule has 0 bridgehead atoms. The number of methoxy groups -OCH3 is 2. The molecule has 216 valence electrons. The number of aromatic nitrogens is 3. The Morgan fingerprint density at radius 3 is 2.63 bits per heavy atom. The quantitative estimate of drug-likeness (QED) is 0.176. The monoisotopic (exact) mass is 559 g/mol. The Kier molecular flexibility index (Phi) is 9.77. The number of nitrogens with one attached hydrogen (secondary N) is 1. The largest absolute Gasteiger partial charge is 0.494 e. The van der Waals surface area contributed by atoms with Crippen LogP contribution in [0.4, 0.5) is 17.3 Å². The van der Waals surface area contributed by atoms with Crippen LogP contribution in [0.2, 0.25) is 0 Å². The summed E-state index contributed by atoms with van der Waals surface area (Å²) in [6.45, 7) is 2.64. The van der Waals surface area contributed by atoms with Gasteiger partial charge in [0.15, 0.2) is 0 Å². The molecule has 0 fully saturated rings. The summed E-state index contributed by atoms with van der Waals surface area (Å²) >= 11 is 0. The highest BCUT2D eigenvalue weighted by Crippen LogP contribution is 2.35. The molecule has 11 heteroatoms. The van der Waals surface area contributed by atoms with Crippen molar-refractivity contribution in [2.45, 2.75) is 0 Å². The van der Waals surface area contributed by atoms with Gasteiger partial charge in [-0.15, -0.1) is 0 Å². The molecule has 11 nitrogen and oxygen atoms in total. The summed E-state index contributed by atoms with van der Waals surface area (Å²) < 4.78 is 18.5. The Hall–Kier alpha value is -4.61. The van der Waals surface area contributed by atoms with Crippen LogP contribution in [0.5, 0.6) is 11.5 Å². The van der Waals surface area contributed by atoms with E-state index in [1.54, 1.807) is 26.5 Å². The molecule has 0 unspecified atom stereocenters. The van der Waals surface area contributed by atoms with Gasteiger partial charge in [-0.05, 0) is 56.6 Å². The average molecular weight is 560 g/mol. The number of hydrogen-bond acceptors (Lipinski definition) is 9. The first-order valence-electron chi connectivity index (χ1n) is 13.2. The number of anilines is 3. The highest BCUT2D eigenvalue weighted by molar-refractivity contribution is 5.92. The van der Waals surface area contributed by atoms with E-state index in [9.17, 15) is 4.79 Å². The fourth-order valence-corrected chi connectivity index (χ4v) is 4.28. The second-order valence-electron chi connectivity index (χ2n) is 9.68. The predicted octanol–water partition coefficient (Wildman–Crippen LogP) is 3.69. The van der Waals surface area contributed by atoms with Gasteiger partial charge in [-0.25, -0.2) is 4.98 Å². The second kappa shape index (κ2) is 13.6. The molecule has 0 aliphatic rings. The van der Waals surface area contributed by atoms with Crippen molar-refractivity contribution in [3.05, 3.63) is 66.5 Å². The van der Waals surface area contributed by atoms with Gasteiger partial charge in [0.2, 0.25) is 11.9 Å². The summed E-state index contributed by atoms with van der Waals surface area (Å²) in [5.74, 6) is 1.94. The summed E-state index contributed by atoms with van der Waals surface area (Å²) in [4.78, 5) is 24.9. The van der Waals surface area contributed by atoms with Crippen LogP contribution in [0.25, 0.3) is 22.8 Å². The number of ether oxygens (including phenoxy) is 3. The van der Waals surface area contributed by atoms with E-state index >= 15 is 0 Å². The molecule has 0 spiro atoms.